The first-order chi connectivity index (χ1) is 8.21. The molecule has 4 heteroatoms. The van der Waals surface area contributed by atoms with Gasteiger partial charge in [-0.1, -0.05) is 13.8 Å². The van der Waals surface area contributed by atoms with Crippen LogP contribution in [0.2, 0.25) is 0 Å². The molecule has 1 aromatic rings. The lowest BCUT2D eigenvalue weighted by Crippen LogP contribution is -2.33. The molecule has 0 amide bonds. The van der Waals surface area contributed by atoms with Crippen molar-refractivity contribution in [3.63, 3.8) is 0 Å². The second kappa shape index (κ2) is 7.35. The van der Waals surface area contributed by atoms with E-state index in [0.717, 1.165) is 25.0 Å². The van der Waals surface area contributed by atoms with Crippen LogP contribution in [0.3, 0.4) is 0 Å². The van der Waals surface area contributed by atoms with Gasteiger partial charge < -0.3 is 10.4 Å². The molecule has 1 heterocycles. The van der Waals surface area contributed by atoms with E-state index in [2.05, 4.69) is 24.1 Å². The number of nitrogens with zero attached hydrogens (tertiary/aromatic N) is 1. The fourth-order valence-corrected chi connectivity index (χ4v) is 1.85. The van der Waals surface area contributed by atoms with Crippen LogP contribution in [-0.2, 0) is 0 Å². The van der Waals surface area contributed by atoms with Crippen molar-refractivity contribution in [2.45, 2.75) is 45.2 Å². The fourth-order valence-electron chi connectivity index (χ4n) is 1.85. The predicted octanol–water partition coefficient (Wildman–Crippen LogP) is 2.42. The number of pyridine rings is 1. The van der Waals surface area contributed by atoms with Crippen molar-refractivity contribution in [3.05, 3.63) is 29.8 Å². The maximum Gasteiger partial charge on any atom is 0.141 e. The highest BCUT2D eigenvalue weighted by molar-refractivity contribution is 5.10. The largest absolute Gasteiger partial charge is 0.396 e. The molecule has 0 aliphatic heterocycles. The Labute approximate surface area is 102 Å². The Balaban J connectivity index is 2.67. The maximum absolute atomic E-state index is 12.8. The number of hydrogen-bond acceptors (Lipinski definition) is 3. The van der Waals surface area contributed by atoms with Gasteiger partial charge in [-0.2, -0.15) is 0 Å². The van der Waals surface area contributed by atoms with Gasteiger partial charge in [-0.25, -0.2) is 4.39 Å². The van der Waals surface area contributed by atoms with Gasteiger partial charge >= 0.3 is 0 Å². The summed E-state index contributed by atoms with van der Waals surface area (Å²) in [4.78, 5) is 4.10. The smallest absolute Gasteiger partial charge is 0.141 e. The summed E-state index contributed by atoms with van der Waals surface area (Å²) in [5.74, 6) is -0.314. The number of aromatic nitrogens is 1. The summed E-state index contributed by atoms with van der Waals surface area (Å²) in [6, 6.07) is 3.53. The molecule has 1 aromatic heterocycles. The number of rotatable bonds is 7. The Hall–Kier alpha value is -1.00. The van der Waals surface area contributed by atoms with Gasteiger partial charge in [0, 0.05) is 18.7 Å². The molecule has 3 nitrogen and oxygen atoms in total. The van der Waals surface area contributed by atoms with Crippen LogP contribution in [0.5, 0.6) is 0 Å². The predicted molar refractivity (Wildman–Crippen MR) is 66.1 cm³/mol. The molecule has 0 spiro atoms. The fraction of sp³-hybridized carbons (Fsp3) is 0.615. The molecule has 0 radical (unpaired) electrons. The molecule has 2 unspecified atom stereocenters. The molecule has 0 fully saturated rings. The van der Waals surface area contributed by atoms with E-state index in [9.17, 15) is 4.39 Å². The van der Waals surface area contributed by atoms with E-state index in [1.54, 1.807) is 6.07 Å². The second-order valence-electron chi connectivity index (χ2n) is 4.15. The summed E-state index contributed by atoms with van der Waals surface area (Å²) in [6.07, 6.45) is 3.82. The van der Waals surface area contributed by atoms with Crippen LogP contribution in [0.1, 0.15) is 44.8 Å². The van der Waals surface area contributed by atoms with Crippen LogP contribution < -0.4 is 5.32 Å². The van der Waals surface area contributed by atoms with E-state index in [0.29, 0.717) is 0 Å². The average Bonchev–Trinajstić information content (AvgIpc) is 2.36. The molecule has 2 atom stereocenters. The highest BCUT2D eigenvalue weighted by atomic mass is 19.1. The molecule has 17 heavy (non-hydrogen) atoms. The Morgan fingerprint density at radius 2 is 2.12 bits per heavy atom. The SMILES string of the molecule is CCC(CCO)NC(CC)c1ccc(F)cn1. The molecule has 0 aromatic carbocycles. The van der Waals surface area contributed by atoms with E-state index in [4.69, 9.17) is 5.11 Å². The molecule has 1 rings (SSSR count). The van der Waals surface area contributed by atoms with E-state index >= 15 is 0 Å². The van der Waals surface area contributed by atoms with Gasteiger partial charge in [0.05, 0.1) is 11.9 Å². The van der Waals surface area contributed by atoms with Crippen molar-refractivity contribution in [2.75, 3.05) is 6.61 Å². The minimum atomic E-state index is -0.314. The Morgan fingerprint density at radius 3 is 2.59 bits per heavy atom. The number of nitrogens with one attached hydrogen (secondary N) is 1. The molecule has 0 saturated heterocycles. The van der Waals surface area contributed by atoms with Gasteiger partial charge in [-0.3, -0.25) is 4.98 Å². The van der Waals surface area contributed by atoms with Crippen molar-refractivity contribution in [1.29, 1.82) is 0 Å². The monoisotopic (exact) mass is 240 g/mol. The minimum Gasteiger partial charge on any atom is -0.396 e. The zero-order chi connectivity index (χ0) is 12.7. The maximum atomic E-state index is 12.8. The van der Waals surface area contributed by atoms with Crippen molar-refractivity contribution in [1.82, 2.24) is 10.3 Å². The molecule has 0 aliphatic rings. The normalized spacial score (nSPS) is 14.6. The van der Waals surface area contributed by atoms with Crippen LogP contribution >= 0.6 is 0 Å². The van der Waals surface area contributed by atoms with Crippen molar-refractivity contribution in [2.24, 2.45) is 0 Å². The molecule has 96 valence electrons. The summed E-state index contributed by atoms with van der Waals surface area (Å²) in [7, 11) is 0. The van der Waals surface area contributed by atoms with Gasteiger partial charge in [-0.15, -0.1) is 0 Å². The highest BCUT2D eigenvalue weighted by Gasteiger charge is 2.15. The molecule has 0 aliphatic carbocycles. The van der Waals surface area contributed by atoms with E-state index in [1.807, 2.05) is 0 Å². The zero-order valence-electron chi connectivity index (χ0n) is 10.5. The van der Waals surface area contributed by atoms with Crippen LogP contribution in [0.15, 0.2) is 18.3 Å². The molecular weight excluding hydrogens is 219 g/mol. The van der Waals surface area contributed by atoms with Gasteiger partial charge in [-0.05, 0) is 31.4 Å². The molecule has 0 saturated carbocycles. The van der Waals surface area contributed by atoms with Gasteiger partial charge in [0.25, 0.3) is 0 Å². The lowest BCUT2D eigenvalue weighted by atomic mass is 10.1. The van der Waals surface area contributed by atoms with Gasteiger partial charge in [0.2, 0.25) is 0 Å². The zero-order valence-corrected chi connectivity index (χ0v) is 10.5. The number of aliphatic hydroxyl groups excluding tert-OH is 1. The van der Waals surface area contributed by atoms with Crippen LogP contribution in [0.25, 0.3) is 0 Å². The van der Waals surface area contributed by atoms with Gasteiger partial charge in [0.15, 0.2) is 0 Å². The minimum absolute atomic E-state index is 0.118. The standard InChI is InChI=1S/C13H21FN2O/c1-3-11(7-8-17)16-12(4-2)13-6-5-10(14)9-15-13/h5-6,9,11-12,16-17H,3-4,7-8H2,1-2H3. The van der Waals surface area contributed by atoms with E-state index in [1.165, 1.54) is 12.3 Å². The summed E-state index contributed by atoms with van der Waals surface area (Å²) in [5.41, 5.74) is 0.852. The first-order valence-electron chi connectivity index (χ1n) is 6.19. The van der Waals surface area contributed by atoms with Crippen LogP contribution in [0.4, 0.5) is 4.39 Å². The van der Waals surface area contributed by atoms with E-state index < -0.39 is 0 Å². The lowest BCUT2D eigenvalue weighted by molar-refractivity contribution is 0.254. The van der Waals surface area contributed by atoms with Crippen molar-refractivity contribution >= 4 is 0 Å². The summed E-state index contributed by atoms with van der Waals surface area (Å²) in [6.45, 7) is 4.32. The lowest BCUT2D eigenvalue weighted by Gasteiger charge is -2.23. The van der Waals surface area contributed by atoms with Crippen LogP contribution in [-0.4, -0.2) is 22.7 Å². The summed E-state index contributed by atoms with van der Waals surface area (Å²) in [5, 5.41) is 12.4. The highest BCUT2D eigenvalue weighted by Crippen LogP contribution is 2.16. The first-order valence-corrected chi connectivity index (χ1v) is 6.19. The summed E-state index contributed by atoms with van der Waals surface area (Å²) >= 11 is 0. The number of halogens is 1. The van der Waals surface area contributed by atoms with E-state index in [-0.39, 0.29) is 24.5 Å². The molecular formula is C13H21FN2O. The third kappa shape index (κ3) is 4.40. The Kier molecular flexibility index (Phi) is 6.08. The Morgan fingerprint density at radius 1 is 1.35 bits per heavy atom. The van der Waals surface area contributed by atoms with Crippen molar-refractivity contribution in [3.8, 4) is 0 Å². The summed E-state index contributed by atoms with van der Waals surface area (Å²) < 4.78 is 12.8. The number of aliphatic hydroxyl groups is 1. The molecule has 2 N–H and O–H groups in total. The second-order valence-corrected chi connectivity index (χ2v) is 4.15. The average molecular weight is 240 g/mol. The van der Waals surface area contributed by atoms with Crippen molar-refractivity contribution < 1.29 is 9.50 Å². The first kappa shape index (κ1) is 14.1. The molecule has 0 bridgehead atoms. The number of hydrogen-bond donors (Lipinski definition) is 2. The third-order valence-electron chi connectivity index (χ3n) is 2.92. The van der Waals surface area contributed by atoms with Crippen LogP contribution in [0, 0.1) is 5.82 Å². The Bertz CT molecular complexity index is 316. The third-order valence-corrected chi connectivity index (χ3v) is 2.92. The van der Waals surface area contributed by atoms with Gasteiger partial charge in [0.1, 0.15) is 5.82 Å². The quantitative estimate of drug-likeness (QED) is 0.769. The topological polar surface area (TPSA) is 45.1 Å².